The van der Waals surface area contributed by atoms with Gasteiger partial charge in [-0.1, -0.05) is 0 Å². The molecule has 0 atom stereocenters. The number of hydrogen-bond donors (Lipinski definition) is 0. The first-order valence-corrected chi connectivity index (χ1v) is 11.1. The zero-order chi connectivity index (χ0) is 3.58. The van der Waals surface area contributed by atoms with Crippen LogP contribution in [-0.4, -0.2) is 16.4 Å². The van der Waals surface area contributed by atoms with E-state index in [1.807, 2.05) is 0 Å². The van der Waals surface area contributed by atoms with Crippen molar-refractivity contribution in [3.63, 3.8) is 0 Å². The topological polar surface area (TPSA) is 94.5 Å². The minimum atomic E-state index is 0. The fourth-order valence-corrected chi connectivity index (χ4v) is 0. The van der Waals surface area contributed by atoms with Crippen molar-refractivity contribution in [1.29, 1.82) is 0 Å². The van der Waals surface area contributed by atoms with Crippen molar-refractivity contribution in [2.24, 2.45) is 0 Å². The van der Waals surface area contributed by atoms with Crippen molar-refractivity contribution < 1.29 is 20.6 Å². The Labute approximate surface area is 80.0 Å². The van der Waals surface area contributed by atoms with Crippen molar-refractivity contribution in [2.75, 3.05) is 0 Å². The van der Waals surface area contributed by atoms with Gasteiger partial charge in [0.15, 0.2) is 0 Å². The summed E-state index contributed by atoms with van der Waals surface area (Å²) < 4.78 is 0.160. The molecular formula is H6FeI3O3. The van der Waals surface area contributed by atoms with Crippen LogP contribution >= 0.6 is 61.0 Å². The van der Waals surface area contributed by atoms with Gasteiger partial charge in [-0.15, -0.1) is 0 Å². The number of rotatable bonds is 0. The van der Waals surface area contributed by atoms with Gasteiger partial charge in [-0.25, -0.2) is 0 Å². The molecule has 7 heavy (non-hydrogen) atoms. The predicted octanol–water partition coefficient (Wildman–Crippen LogP) is 0.180. The van der Waals surface area contributed by atoms with Gasteiger partial charge in [-0.2, -0.15) is 0 Å². The van der Waals surface area contributed by atoms with E-state index in [0.29, 0.717) is 0 Å². The van der Waals surface area contributed by atoms with Crippen LogP contribution in [0.5, 0.6) is 0 Å². The molecule has 0 aliphatic carbocycles. The number of halogens is 3. The monoisotopic (exact) mass is 491 g/mol. The van der Waals surface area contributed by atoms with Crippen LogP contribution < -0.4 is 0 Å². The Morgan fingerprint density at radius 1 is 0.714 bits per heavy atom. The van der Waals surface area contributed by atoms with E-state index >= 15 is 0 Å². The molecule has 0 aromatic heterocycles. The molecule has 0 rings (SSSR count). The van der Waals surface area contributed by atoms with Crippen LogP contribution in [0.25, 0.3) is 0 Å². The molecule has 0 saturated carbocycles. The molecule has 0 aromatic carbocycles. The predicted molar refractivity (Wildman–Crippen MR) is 52.9 cm³/mol. The van der Waals surface area contributed by atoms with Gasteiger partial charge in [0.25, 0.3) is 0 Å². The first kappa shape index (κ1) is 22.6. The molecule has 0 saturated heterocycles. The van der Waals surface area contributed by atoms with Crippen molar-refractivity contribution >= 4 is 61.0 Å². The van der Waals surface area contributed by atoms with Gasteiger partial charge in [0.05, 0.1) is 0 Å². The van der Waals surface area contributed by atoms with Crippen LogP contribution in [0.3, 0.4) is 0 Å². The average molecular weight is 491 g/mol. The summed E-state index contributed by atoms with van der Waals surface area (Å²) in [5.41, 5.74) is 0. The summed E-state index contributed by atoms with van der Waals surface area (Å²) in [4.78, 5) is 0. The van der Waals surface area contributed by atoms with Gasteiger partial charge >= 0.3 is 65.2 Å². The quantitative estimate of drug-likeness (QED) is 0.342. The summed E-state index contributed by atoms with van der Waals surface area (Å²) in [6, 6.07) is 0. The van der Waals surface area contributed by atoms with Crippen molar-refractivity contribution in [3.8, 4) is 0 Å². The fourth-order valence-electron chi connectivity index (χ4n) is 0. The zero-order valence-corrected chi connectivity index (χ0v) is 10.6. The molecule has 0 spiro atoms. The molecule has 0 aliphatic rings. The third-order valence-corrected chi connectivity index (χ3v) is 0. The summed E-state index contributed by atoms with van der Waals surface area (Å²) in [6.07, 6.45) is 0. The van der Waals surface area contributed by atoms with E-state index in [1.165, 1.54) is 0 Å². The van der Waals surface area contributed by atoms with E-state index in [-0.39, 0.29) is 20.6 Å². The Hall–Kier alpha value is 2.59. The van der Waals surface area contributed by atoms with Crippen LogP contribution in [0.4, 0.5) is 0 Å². The molecule has 0 radical (unpaired) electrons. The second kappa shape index (κ2) is 15.8. The summed E-state index contributed by atoms with van der Waals surface area (Å²) in [7, 11) is 0. The molecule has 0 unspecified atom stereocenters. The second-order valence-corrected chi connectivity index (χ2v) is 28.1. The van der Waals surface area contributed by atoms with E-state index in [1.54, 1.807) is 0 Å². The van der Waals surface area contributed by atoms with Crippen LogP contribution in [-0.2, 0) is 4.15 Å². The first-order chi connectivity index (χ1) is 1.73. The summed E-state index contributed by atoms with van der Waals surface area (Å²) in [5, 5.41) is 0. The van der Waals surface area contributed by atoms with Gasteiger partial charge < -0.3 is 16.4 Å². The molecule has 0 bridgehead atoms. The molecule has 0 fully saturated rings. The Bertz CT molecular complexity index is 14.9. The molecule has 7 heteroatoms. The van der Waals surface area contributed by atoms with Crippen molar-refractivity contribution in [1.82, 2.24) is 0 Å². The minimum absolute atomic E-state index is 0. The third-order valence-electron chi connectivity index (χ3n) is 0. The Kier molecular flexibility index (Phi) is 51.2. The average Bonchev–Trinajstić information content (AvgIpc) is 0.811. The van der Waals surface area contributed by atoms with E-state index in [2.05, 4.69) is 61.0 Å². The van der Waals surface area contributed by atoms with E-state index in [0.717, 1.165) is 0 Å². The standard InChI is InChI=1S/Fe.3HI.3H2O/h;3*1H;3*1H2/q+3;;;;;;/p-3. The summed E-state index contributed by atoms with van der Waals surface area (Å²) in [6.45, 7) is 0. The normalized spacial score (nSPS) is 6.43. The van der Waals surface area contributed by atoms with Crippen molar-refractivity contribution in [2.45, 2.75) is 0 Å². The molecule has 0 aliphatic heterocycles. The van der Waals surface area contributed by atoms with Gasteiger partial charge in [0.1, 0.15) is 0 Å². The molecule has 0 heterocycles. The molecule has 0 aromatic rings. The van der Waals surface area contributed by atoms with Gasteiger partial charge in [0.2, 0.25) is 0 Å². The fraction of sp³-hybridized carbons (Fsp3) is 0. The first-order valence-electron chi connectivity index (χ1n) is 0.401. The van der Waals surface area contributed by atoms with Crippen LogP contribution in [0.15, 0.2) is 0 Å². The maximum atomic E-state index is 2.40. The Morgan fingerprint density at radius 2 is 0.714 bits per heavy atom. The second-order valence-electron chi connectivity index (χ2n) is 0.152. The molecule has 0 amide bonds. The molecule has 53 valence electrons. The van der Waals surface area contributed by atoms with Crippen LogP contribution in [0, 0.1) is 0 Å². The molecular weight excluding hydrogens is 485 g/mol. The number of hydrogen-bond acceptors (Lipinski definition) is 0. The van der Waals surface area contributed by atoms with E-state index in [4.69, 9.17) is 0 Å². The zero-order valence-electron chi connectivity index (χ0n) is 2.99. The van der Waals surface area contributed by atoms with E-state index < -0.39 is 0 Å². The van der Waals surface area contributed by atoms with Crippen LogP contribution in [0.1, 0.15) is 0 Å². The Morgan fingerprint density at radius 3 is 0.714 bits per heavy atom. The third kappa shape index (κ3) is 55.6. The molecule has 6 N–H and O–H groups in total. The summed E-state index contributed by atoms with van der Waals surface area (Å²) >= 11 is 7.20. The van der Waals surface area contributed by atoms with Crippen LogP contribution in [0.2, 0.25) is 0 Å². The Balaban J connectivity index is -0.0000000150. The van der Waals surface area contributed by atoms with Gasteiger partial charge in [-0.3, -0.25) is 0 Å². The summed E-state index contributed by atoms with van der Waals surface area (Å²) in [5.74, 6) is 0. The maximum absolute atomic E-state index is 2.40. The van der Waals surface area contributed by atoms with E-state index in [9.17, 15) is 0 Å². The van der Waals surface area contributed by atoms with Gasteiger partial charge in [0, 0.05) is 0 Å². The SMILES string of the molecule is O.O.O.[I][Fe]([I])[I]. The van der Waals surface area contributed by atoms with Crippen molar-refractivity contribution in [3.05, 3.63) is 0 Å². The molecule has 3 nitrogen and oxygen atoms in total. The van der Waals surface area contributed by atoms with Gasteiger partial charge in [-0.05, 0) is 0 Å².